The van der Waals surface area contributed by atoms with Crippen LogP contribution in [-0.4, -0.2) is 12.0 Å². The van der Waals surface area contributed by atoms with Crippen molar-refractivity contribution in [2.45, 2.75) is 39.2 Å². The van der Waals surface area contributed by atoms with Gasteiger partial charge in [-0.05, 0) is 48.2 Å². The lowest BCUT2D eigenvalue weighted by molar-refractivity contribution is -0.122. The minimum atomic E-state index is -0.708. The van der Waals surface area contributed by atoms with E-state index in [2.05, 4.69) is 26.1 Å². The Labute approximate surface area is 158 Å². The molecule has 3 aromatic rings. The third-order valence-corrected chi connectivity index (χ3v) is 4.30. The Hall–Kier alpha value is -3.08. The number of fused-ring (bicyclic) bond motifs is 1. The van der Waals surface area contributed by atoms with E-state index in [0.717, 1.165) is 5.39 Å². The van der Waals surface area contributed by atoms with E-state index in [9.17, 15) is 9.59 Å². The van der Waals surface area contributed by atoms with Gasteiger partial charge in [0.1, 0.15) is 11.3 Å². The van der Waals surface area contributed by atoms with Crippen molar-refractivity contribution in [1.29, 1.82) is 0 Å². The Balaban J connectivity index is 1.68. The topological polar surface area (TPSA) is 68.5 Å². The molecular formula is C22H23NO4. The number of rotatable bonds is 4. The third-order valence-electron chi connectivity index (χ3n) is 4.30. The summed E-state index contributed by atoms with van der Waals surface area (Å²) in [5.41, 5.74) is 1.97. The van der Waals surface area contributed by atoms with Gasteiger partial charge in [0.25, 0.3) is 5.91 Å². The second kappa shape index (κ2) is 7.27. The van der Waals surface area contributed by atoms with Crippen LogP contribution in [0.5, 0.6) is 5.75 Å². The highest BCUT2D eigenvalue weighted by atomic mass is 16.5. The van der Waals surface area contributed by atoms with Crippen molar-refractivity contribution >= 4 is 22.6 Å². The van der Waals surface area contributed by atoms with E-state index in [0.29, 0.717) is 17.0 Å². The van der Waals surface area contributed by atoms with Crippen LogP contribution in [-0.2, 0) is 10.2 Å². The molecular weight excluding hydrogens is 342 g/mol. The molecule has 0 saturated heterocycles. The van der Waals surface area contributed by atoms with Crippen molar-refractivity contribution < 1.29 is 13.9 Å². The highest BCUT2D eigenvalue weighted by Gasteiger charge is 2.17. The van der Waals surface area contributed by atoms with E-state index in [1.165, 1.54) is 11.6 Å². The molecule has 0 fully saturated rings. The van der Waals surface area contributed by atoms with Crippen LogP contribution in [0.2, 0.25) is 0 Å². The molecule has 2 aromatic carbocycles. The summed E-state index contributed by atoms with van der Waals surface area (Å²) in [5, 5.41) is 3.64. The largest absolute Gasteiger partial charge is 0.481 e. The summed E-state index contributed by atoms with van der Waals surface area (Å²) in [6, 6.07) is 16.0. The first-order chi connectivity index (χ1) is 12.7. The van der Waals surface area contributed by atoms with E-state index in [1.54, 1.807) is 31.2 Å². The highest BCUT2D eigenvalue weighted by Crippen LogP contribution is 2.24. The number of hydrogen-bond acceptors (Lipinski definition) is 4. The molecule has 3 rings (SSSR count). The summed E-state index contributed by atoms with van der Waals surface area (Å²) in [6.07, 6.45) is -0.708. The van der Waals surface area contributed by atoms with E-state index in [-0.39, 0.29) is 11.3 Å². The maximum atomic E-state index is 12.4. The second-order valence-corrected chi connectivity index (χ2v) is 7.53. The zero-order valence-corrected chi connectivity index (χ0v) is 15.9. The number of anilines is 1. The number of carbonyl (C=O) groups excluding carboxylic acids is 1. The van der Waals surface area contributed by atoms with Crippen LogP contribution in [0.25, 0.3) is 11.0 Å². The molecule has 140 valence electrons. The van der Waals surface area contributed by atoms with Gasteiger partial charge in [-0.15, -0.1) is 0 Å². The predicted molar refractivity (Wildman–Crippen MR) is 106 cm³/mol. The molecule has 0 radical (unpaired) electrons. The van der Waals surface area contributed by atoms with Crippen LogP contribution in [0.15, 0.2) is 63.8 Å². The van der Waals surface area contributed by atoms with E-state index in [4.69, 9.17) is 9.15 Å². The molecule has 0 bridgehead atoms. The number of carbonyl (C=O) groups is 1. The minimum Gasteiger partial charge on any atom is -0.481 e. The highest BCUT2D eigenvalue weighted by molar-refractivity contribution is 5.94. The van der Waals surface area contributed by atoms with Crippen molar-refractivity contribution in [3.05, 3.63) is 70.6 Å². The van der Waals surface area contributed by atoms with Gasteiger partial charge in [-0.25, -0.2) is 4.79 Å². The lowest BCUT2D eigenvalue weighted by Gasteiger charge is -2.19. The average molecular weight is 365 g/mol. The second-order valence-electron chi connectivity index (χ2n) is 7.53. The Morgan fingerprint density at radius 3 is 2.37 bits per heavy atom. The average Bonchev–Trinajstić information content (AvgIpc) is 2.61. The number of hydrogen-bond donors (Lipinski definition) is 1. The first-order valence-electron chi connectivity index (χ1n) is 8.84. The minimum absolute atomic E-state index is 0.0596. The molecule has 5 heteroatoms. The maximum absolute atomic E-state index is 12.4. The smallest absolute Gasteiger partial charge is 0.336 e. The third kappa shape index (κ3) is 4.56. The van der Waals surface area contributed by atoms with Crippen molar-refractivity contribution in [1.82, 2.24) is 0 Å². The van der Waals surface area contributed by atoms with Crippen molar-refractivity contribution in [3.63, 3.8) is 0 Å². The van der Waals surface area contributed by atoms with Crippen molar-refractivity contribution in [2.75, 3.05) is 5.32 Å². The monoisotopic (exact) mass is 365 g/mol. The van der Waals surface area contributed by atoms with Crippen LogP contribution in [0.4, 0.5) is 5.69 Å². The Kier molecular flexibility index (Phi) is 5.04. The molecule has 1 aromatic heterocycles. The molecule has 5 nitrogen and oxygen atoms in total. The van der Waals surface area contributed by atoms with Crippen LogP contribution in [0.1, 0.15) is 33.3 Å². The SMILES string of the molecule is CC(Oc1ccc2ccc(=O)oc2c1)C(=O)Nc1ccc(C(C)(C)C)cc1. The van der Waals surface area contributed by atoms with Gasteiger partial charge in [0.15, 0.2) is 6.10 Å². The summed E-state index contributed by atoms with van der Waals surface area (Å²) in [6.45, 7) is 8.09. The van der Waals surface area contributed by atoms with Gasteiger partial charge in [0.05, 0.1) is 0 Å². The summed E-state index contributed by atoms with van der Waals surface area (Å²) in [5.74, 6) is 0.204. The normalized spacial score (nSPS) is 12.6. The van der Waals surface area contributed by atoms with E-state index < -0.39 is 11.7 Å². The quantitative estimate of drug-likeness (QED) is 0.691. The molecule has 1 amide bonds. The molecule has 0 aliphatic heterocycles. The van der Waals surface area contributed by atoms with Crippen molar-refractivity contribution in [3.8, 4) is 5.75 Å². The predicted octanol–water partition coefficient (Wildman–Crippen LogP) is 4.50. The number of benzene rings is 2. The van der Waals surface area contributed by atoms with Gasteiger partial charge < -0.3 is 14.5 Å². The zero-order chi connectivity index (χ0) is 19.6. The van der Waals surface area contributed by atoms with Crippen LogP contribution >= 0.6 is 0 Å². The molecule has 0 spiro atoms. The van der Waals surface area contributed by atoms with Crippen LogP contribution < -0.4 is 15.7 Å². The first kappa shape index (κ1) is 18.7. The summed E-state index contributed by atoms with van der Waals surface area (Å²) in [4.78, 5) is 23.7. The molecule has 27 heavy (non-hydrogen) atoms. The molecule has 1 atom stereocenters. The fourth-order valence-corrected chi connectivity index (χ4v) is 2.67. The van der Waals surface area contributed by atoms with Crippen LogP contribution in [0, 0.1) is 0 Å². The number of amides is 1. The zero-order valence-electron chi connectivity index (χ0n) is 15.9. The Morgan fingerprint density at radius 2 is 1.70 bits per heavy atom. The van der Waals surface area contributed by atoms with Crippen molar-refractivity contribution in [2.24, 2.45) is 0 Å². The maximum Gasteiger partial charge on any atom is 0.336 e. The van der Waals surface area contributed by atoms with Gasteiger partial charge >= 0.3 is 5.63 Å². The van der Waals surface area contributed by atoms with E-state index >= 15 is 0 Å². The van der Waals surface area contributed by atoms with Gasteiger partial charge in [0, 0.05) is 23.2 Å². The molecule has 1 N–H and O–H groups in total. The fourth-order valence-electron chi connectivity index (χ4n) is 2.67. The number of ether oxygens (including phenoxy) is 1. The van der Waals surface area contributed by atoms with Gasteiger partial charge in [-0.2, -0.15) is 0 Å². The van der Waals surface area contributed by atoms with Crippen LogP contribution in [0.3, 0.4) is 0 Å². The lowest BCUT2D eigenvalue weighted by Crippen LogP contribution is -2.30. The fraction of sp³-hybridized carbons (Fsp3) is 0.273. The van der Waals surface area contributed by atoms with Gasteiger partial charge in [-0.1, -0.05) is 32.9 Å². The molecule has 1 heterocycles. The van der Waals surface area contributed by atoms with Gasteiger partial charge in [-0.3, -0.25) is 4.79 Å². The summed E-state index contributed by atoms with van der Waals surface area (Å²) < 4.78 is 10.8. The Morgan fingerprint density at radius 1 is 1.04 bits per heavy atom. The standard InChI is InChI=1S/C22H23NO4/c1-14(21(25)23-17-9-7-16(8-10-17)22(2,3)4)26-18-11-5-15-6-12-20(24)27-19(15)13-18/h5-14H,1-4H3,(H,23,25). The van der Waals surface area contributed by atoms with Gasteiger partial charge in [0.2, 0.25) is 0 Å². The molecule has 0 aliphatic rings. The first-order valence-corrected chi connectivity index (χ1v) is 8.84. The summed E-state index contributed by atoms with van der Waals surface area (Å²) >= 11 is 0. The van der Waals surface area contributed by atoms with E-state index in [1.807, 2.05) is 24.3 Å². The molecule has 0 aliphatic carbocycles. The molecule has 1 unspecified atom stereocenters. The number of nitrogens with one attached hydrogen (secondary N) is 1. The summed E-state index contributed by atoms with van der Waals surface area (Å²) in [7, 11) is 0. The Bertz CT molecular complexity index is 1010. The molecule has 0 saturated carbocycles. The lowest BCUT2D eigenvalue weighted by atomic mass is 9.87.